The summed E-state index contributed by atoms with van der Waals surface area (Å²) in [6, 6.07) is 8.39. The van der Waals surface area contributed by atoms with E-state index >= 15 is 0 Å². The maximum absolute atomic E-state index is 10.4. The van der Waals surface area contributed by atoms with Crippen LogP contribution in [0.15, 0.2) is 34.5 Å². The Labute approximate surface area is 115 Å². The lowest BCUT2D eigenvalue weighted by Gasteiger charge is -2.17. The number of fused-ring (bicyclic) bond motifs is 1. The van der Waals surface area contributed by atoms with Crippen LogP contribution in [0.4, 0.5) is 0 Å². The van der Waals surface area contributed by atoms with E-state index in [9.17, 15) is 5.11 Å². The fraction of sp³-hybridized carbons (Fsp3) is 0.357. The van der Waals surface area contributed by atoms with Gasteiger partial charge in [0, 0.05) is 28.4 Å². The Hall–Kier alpha value is -0.840. The molecule has 2 unspecified atom stereocenters. The van der Waals surface area contributed by atoms with Gasteiger partial charge in [-0.1, -0.05) is 18.2 Å². The Morgan fingerprint density at radius 1 is 1.44 bits per heavy atom. The third kappa shape index (κ3) is 2.32. The maximum Gasteiger partial charge on any atom is 0.0897 e. The van der Waals surface area contributed by atoms with Crippen molar-refractivity contribution in [3.63, 3.8) is 0 Å². The zero-order valence-corrected chi connectivity index (χ0v) is 11.8. The summed E-state index contributed by atoms with van der Waals surface area (Å²) in [7, 11) is 0. The van der Waals surface area contributed by atoms with Crippen LogP contribution >= 0.6 is 23.1 Å². The van der Waals surface area contributed by atoms with Crippen LogP contribution in [0, 0.1) is 6.92 Å². The van der Waals surface area contributed by atoms with Crippen LogP contribution in [-0.2, 0) is 6.42 Å². The highest BCUT2D eigenvalue weighted by molar-refractivity contribution is 7.99. The molecule has 0 radical (unpaired) electrons. The summed E-state index contributed by atoms with van der Waals surface area (Å²) < 4.78 is 0. The number of thiazole rings is 1. The number of aromatic nitrogens is 1. The monoisotopic (exact) mass is 277 g/mol. The zero-order valence-electron chi connectivity index (χ0n) is 10.2. The number of aliphatic hydroxyl groups is 1. The smallest absolute Gasteiger partial charge is 0.0897 e. The quantitative estimate of drug-likeness (QED) is 0.935. The minimum absolute atomic E-state index is 0.244. The Balaban J connectivity index is 1.76. The van der Waals surface area contributed by atoms with Gasteiger partial charge in [-0.2, -0.15) is 0 Å². The lowest BCUT2D eigenvalue weighted by atomic mass is 9.93. The largest absolute Gasteiger partial charge is 0.392 e. The van der Waals surface area contributed by atoms with Crippen LogP contribution in [-0.4, -0.2) is 21.9 Å². The molecule has 94 valence electrons. The van der Waals surface area contributed by atoms with Crippen molar-refractivity contribution < 1.29 is 5.11 Å². The number of benzene rings is 1. The maximum atomic E-state index is 10.4. The van der Waals surface area contributed by atoms with Crippen molar-refractivity contribution in [3.8, 4) is 0 Å². The van der Waals surface area contributed by atoms with Crippen LogP contribution in [0.2, 0.25) is 0 Å². The molecule has 2 atom stereocenters. The molecule has 1 aromatic carbocycles. The minimum atomic E-state index is -0.331. The van der Waals surface area contributed by atoms with Crippen LogP contribution in [0.3, 0.4) is 0 Å². The summed E-state index contributed by atoms with van der Waals surface area (Å²) in [6.45, 7) is 2.00. The molecular formula is C14H15NOS2. The van der Waals surface area contributed by atoms with Crippen LogP contribution < -0.4 is 0 Å². The first kappa shape index (κ1) is 12.2. The number of rotatable bonds is 3. The van der Waals surface area contributed by atoms with Crippen LogP contribution in [0.1, 0.15) is 22.2 Å². The first-order valence-electron chi connectivity index (χ1n) is 6.05. The molecule has 0 amide bonds. The summed E-state index contributed by atoms with van der Waals surface area (Å²) in [5.41, 5.74) is 2.31. The third-order valence-corrected chi connectivity index (χ3v) is 5.32. The molecule has 3 rings (SSSR count). The molecule has 2 nitrogen and oxygen atoms in total. The van der Waals surface area contributed by atoms with Crippen molar-refractivity contribution in [1.29, 1.82) is 0 Å². The van der Waals surface area contributed by atoms with Gasteiger partial charge in [0.05, 0.1) is 16.8 Å². The lowest BCUT2D eigenvalue weighted by Crippen LogP contribution is -2.21. The second-order valence-electron chi connectivity index (χ2n) is 4.58. The first-order chi connectivity index (χ1) is 8.74. The molecule has 2 heterocycles. The Bertz CT molecular complexity index is 552. The molecule has 0 fully saturated rings. The average molecular weight is 277 g/mol. The van der Waals surface area contributed by atoms with Crippen molar-refractivity contribution in [3.05, 3.63) is 45.9 Å². The van der Waals surface area contributed by atoms with Crippen molar-refractivity contribution in [2.75, 3.05) is 5.75 Å². The van der Waals surface area contributed by atoms with E-state index in [1.165, 1.54) is 10.5 Å². The second-order valence-corrected chi connectivity index (χ2v) is 6.71. The van der Waals surface area contributed by atoms with Gasteiger partial charge < -0.3 is 5.11 Å². The molecule has 0 saturated heterocycles. The van der Waals surface area contributed by atoms with E-state index in [0.29, 0.717) is 6.42 Å². The van der Waals surface area contributed by atoms with Gasteiger partial charge in [0.15, 0.2) is 0 Å². The number of nitrogens with zero attached hydrogens (tertiary/aromatic N) is 1. The van der Waals surface area contributed by atoms with E-state index in [1.54, 1.807) is 11.3 Å². The van der Waals surface area contributed by atoms with E-state index < -0.39 is 0 Å². The topological polar surface area (TPSA) is 33.1 Å². The molecule has 0 spiro atoms. The van der Waals surface area contributed by atoms with E-state index in [4.69, 9.17) is 0 Å². The SMILES string of the molecule is Cc1nc(CC(O)C2CSc3ccccc32)cs1. The Morgan fingerprint density at radius 3 is 3.06 bits per heavy atom. The number of hydrogen-bond donors (Lipinski definition) is 1. The lowest BCUT2D eigenvalue weighted by molar-refractivity contribution is 0.150. The normalized spacial score (nSPS) is 19.8. The second kappa shape index (κ2) is 5.03. The van der Waals surface area contributed by atoms with Gasteiger partial charge in [-0.05, 0) is 18.6 Å². The summed E-state index contributed by atoms with van der Waals surface area (Å²) in [5, 5.41) is 13.5. The summed E-state index contributed by atoms with van der Waals surface area (Å²) in [5.74, 6) is 1.22. The fourth-order valence-corrected chi connectivity index (χ4v) is 4.31. The van der Waals surface area contributed by atoms with Gasteiger partial charge >= 0.3 is 0 Å². The minimum Gasteiger partial charge on any atom is -0.392 e. The van der Waals surface area contributed by atoms with E-state index in [0.717, 1.165) is 16.5 Å². The van der Waals surface area contributed by atoms with Crippen LogP contribution in [0.25, 0.3) is 0 Å². The number of thioether (sulfide) groups is 1. The van der Waals surface area contributed by atoms with Gasteiger partial charge in [-0.15, -0.1) is 23.1 Å². The van der Waals surface area contributed by atoms with Crippen molar-refractivity contribution >= 4 is 23.1 Å². The van der Waals surface area contributed by atoms with Gasteiger partial charge in [-0.3, -0.25) is 0 Å². The van der Waals surface area contributed by atoms with Gasteiger partial charge in [-0.25, -0.2) is 4.98 Å². The predicted molar refractivity (Wildman–Crippen MR) is 76.5 cm³/mol. The molecule has 1 aliphatic heterocycles. The molecule has 1 aromatic heterocycles. The summed E-state index contributed by atoms with van der Waals surface area (Å²) in [6.07, 6.45) is 0.326. The van der Waals surface area contributed by atoms with Crippen LogP contribution in [0.5, 0.6) is 0 Å². The Kier molecular flexibility index (Phi) is 3.41. The molecule has 0 bridgehead atoms. The van der Waals surface area contributed by atoms with Gasteiger partial charge in [0.2, 0.25) is 0 Å². The fourth-order valence-electron chi connectivity index (χ4n) is 2.36. The van der Waals surface area contributed by atoms with E-state index in [2.05, 4.69) is 29.2 Å². The summed E-state index contributed by atoms with van der Waals surface area (Å²) in [4.78, 5) is 5.75. The highest BCUT2D eigenvalue weighted by Gasteiger charge is 2.29. The highest BCUT2D eigenvalue weighted by atomic mass is 32.2. The van der Waals surface area contributed by atoms with E-state index in [1.807, 2.05) is 24.1 Å². The molecule has 2 aromatic rings. The number of aliphatic hydroxyl groups excluding tert-OH is 1. The summed E-state index contributed by atoms with van der Waals surface area (Å²) >= 11 is 3.49. The highest BCUT2D eigenvalue weighted by Crippen LogP contribution is 2.41. The third-order valence-electron chi connectivity index (χ3n) is 3.29. The predicted octanol–water partition coefficient (Wildman–Crippen LogP) is 3.24. The molecule has 0 aliphatic carbocycles. The van der Waals surface area contributed by atoms with Crippen molar-refractivity contribution in [2.24, 2.45) is 0 Å². The number of aryl methyl sites for hydroxylation is 1. The molecule has 0 saturated carbocycles. The molecular weight excluding hydrogens is 262 g/mol. The molecule has 1 aliphatic rings. The standard InChI is InChI=1S/C14H15NOS2/c1-9-15-10(7-17-9)6-13(16)12-8-18-14-5-3-2-4-11(12)14/h2-5,7,12-13,16H,6,8H2,1H3. The number of hydrogen-bond acceptors (Lipinski definition) is 4. The van der Waals surface area contributed by atoms with Crippen molar-refractivity contribution in [1.82, 2.24) is 4.98 Å². The molecule has 18 heavy (non-hydrogen) atoms. The van der Waals surface area contributed by atoms with Gasteiger partial charge in [0.1, 0.15) is 0 Å². The first-order valence-corrected chi connectivity index (χ1v) is 7.91. The van der Waals surface area contributed by atoms with Crippen molar-refractivity contribution in [2.45, 2.75) is 30.3 Å². The average Bonchev–Trinajstić information content (AvgIpc) is 2.95. The molecule has 1 N–H and O–H groups in total. The zero-order chi connectivity index (χ0) is 12.5. The Morgan fingerprint density at radius 2 is 2.28 bits per heavy atom. The van der Waals surface area contributed by atoms with Gasteiger partial charge in [0.25, 0.3) is 0 Å². The molecule has 4 heteroatoms. The van der Waals surface area contributed by atoms with E-state index in [-0.39, 0.29) is 12.0 Å².